The van der Waals surface area contributed by atoms with Gasteiger partial charge in [0.25, 0.3) is 5.91 Å². The van der Waals surface area contributed by atoms with E-state index in [4.69, 9.17) is 9.47 Å². The molecule has 160 valence electrons. The zero-order valence-corrected chi connectivity index (χ0v) is 18.0. The lowest BCUT2D eigenvalue weighted by atomic mass is 10.1. The van der Waals surface area contributed by atoms with Crippen molar-refractivity contribution < 1.29 is 19.1 Å². The third kappa shape index (κ3) is 5.75. The average Bonchev–Trinajstić information content (AvgIpc) is 2.78. The maximum Gasteiger partial charge on any atom is 0.260 e. The number of nitrogens with zero attached hydrogens (tertiary/aromatic N) is 2. The minimum Gasteiger partial charge on any atom is -0.497 e. The number of amides is 2. The van der Waals surface area contributed by atoms with E-state index in [2.05, 4.69) is 0 Å². The fourth-order valence-electron chi connectivity index (χ4n) is 3.45. The molecule has 0 unspecified atom stereocenters. The van der Waals surface area contributed by atoms with Crippen LogP contribution < -0.4 is 9.47 Å². The van der Waals surface area contributed by atoms with Crippen LogP contribution in [0.4, 0.5) is 0 Å². The van der Waals surface area contributed by atoms with Crippen LogP contribution in [-0.4, -0.2) is 61.5 Å². The van der Waals surface area contributed by atoms with Crippen LogP contribution in [0.3, 0.4) is 0 Å². The predicted molar refractivity (Wildman–Crippen MR) is 116 cm³/mol. The van der Waals surface area contributed by atoms with E-state index < -0.39 is 0 Å². The molecule has 0 spiro atoms. The second-order valence-corrected chi connectivity index (χ2v) is 7.64. The maximum atomic E-state index is 12.5. The van der Waals surface area contributed by atoms with Crippen molar-refractivity contribution >= 4 is 11.8 Å². The normalized spacial score (nSPS) is 13.8. The highest BCUT2D eigenvalue weighted by Gasteiger charge is 2.24. The van der Waals surface area contributed by atoms with Gasteiger partial charge in [-0.05, 0) is 61.2 Å². The first-order valence-electron chi connectivity index (χ1n) is 10.3. The fourth-order valence-corrected chi connectivity index (χ4v) is 3.45. The summed E-state index contributed by atoms with van der Waals surface area (Å²) in [6.45, 7) is 6.31. The monoisotopic (exact) mass is 410 g/mol. The zero-order valence-electron chi connectivity index (χ0n) is 18.0. The molecule has 0 radical (unpaired) electrons. The van der Waals surface area contributed by atoms with Crippen LogP contribution in [-0.2, 0) is 16.0 Å². The Labute approximate surface area is 178 Å². The van der Waals surface area contributed by atoms with Gasteiger partial charge in [-0.1, -0.05) is 18.2 Å². The van der Waals surface area contributed by atoms with E-state index in [1.54, 1.807) is 12.0 Å². The van der Waals surface area contributed by atoms with Crippen molar-refractivity contribution in [2.45, 2.75) is 26.7 Å². The van der Waals surface area contributed by atoms with Gasteiger partial charge < -0.3 is 19.3 Å². The number of carbonyl (C=O) groups excluding carboxylic acids is 2. The van der Waals surface area contributed by atoms with Gasteiger partial charge in [0.05, 0.1) is 7.11 Å². The van der Waals surface area contributed by atoms with Gasteiger partial charge in [0, 0.05) is 32.6 Å². The molecule has 2 aromatic carbocycles. The van der Waals surface area contributed by atoms with E-state index >= 15 is 0 Å². The van der Waals surface area contributed by atoms with E-state index in [-0.39, 0.29) is 18.4 Å². The molecule has 0 atom stereocenters. The Kier molecular flexibility index (Phi) is 7.33. The number of benzene rings is 2. The molecule has 0 aliphatic carbocycles. The molecule has 0 bridgehead atoms. The second kappa shape index (κ2) is 10.1. The van der Waals surface area contributed by atoms with Gasteiger partial charge in [-0.15, -0.1) is 0 Å². The number of aryl methyl sites for hydroxylation is 3. The van der Waals surface area contributed by atoms with Gasteiger partial charge in [-0.2, -0.15) is 0 Å². The number of rotatable bonds is 7. The lowest BCUT2D eigenvalue weighted by Gasteiger charge is -2.34. The minimum absolute atomic E-state index is 0.0217. The van der Waals surface area contributed by atoms with Crippen LogP contribution in [0.5, 0.6) is 11.5 Å². The zero-order chi connectivity index (χ0) is 21.5. The first-order chi connectivity index (χ1) is 14.5. The molecular formula is C24H30N2O4. The first kappa shape index (κ1) is 21.7. The summed E-state index contributed by atoms with van der Waals surface area (Å²) >= 11 is 0. The number of methoxy groups -OCH3 is 1. The Hall–Kier alpha value is -3.02. The highest BCUT2D eigenvalue weighted by atomic mass is 16.5. The minimum atomic E-state index is -0.0430. The molecule has 3 rings (SSSR count). The van der Waals surface area contributed by atoms with Crippen LogP contribution in [0, 0.1) is 13.8 Å². The van der Waals surface area contributed by atoms with Crippen LogP contribution in [0.25, 0.3) is 0 Å². The van der Waals surface area contributed by atoms with E-state index in [1.807, 2.05) is 61.2 Å². The second-order valence-electron chi connectivity index (χ2n) is 7.64. The maximum absolute atomic E-state index is 12.5. The number of piperazine rings is 1. The number of hydrogen-bond donors (Lipinski definition) is 0. The van der Waals surface area contributed by atoms with Crippen molar-refractivity contribution in [3.05, 3.63) is 59.2 Å². The summed E-state index contributed by atoms with van der Waals surface area (Å²) in [6.07, 6.45) is 1.17. The summed E-state index contributed by atoms with van der Waals surface area (Å²) in [5, 5.41) is 0. The molecule has 0 aromatic heterocycles. The molecule has 1 aliphatic heterocycles. The summed E-state index contributed by atoms with van der Waals surface area (Å²) in [7, 11) is 1.64. The van der Waals surface area contributed by atoms with Gasteiger partial charge in [0.1, 0.15) is 11.5 Å². The third-order valence-corrected chi connectivity index (χ3v) is 5.61. The topological polar surface area (TPSA) is 59.1 Å². The Morgan fingerprint density at radius 3 is 2.03 bits per heavy atom. The van der Waals surface area contributed by atoms with E-state index in [9.17, 15) is 9.59 Å². The lowest BCUT2D eigenvalue weighted by Crippen LogP contribution is -2.51. The summed E-state index contributed by atoms with van der Waals surface area (Å²) in [6, 6.07) is 13.6. The number of ether oxygens (including phenoxy) is 2. The number of carbonyl (C=O) groups is 2. The molecule has 2 amide bonds. The van der Waals surface area contributed by atoms with Gasteiger partial charge in [0.2, 0.25) is 5.91 Å². The largest absolute Gasteiger partial charge is 0.497 e. The van der Waals surface area contributed by atoms with Crippen LogP contribution in [0.1, 0.15) is 23.1 Å². The molecule has 1 heterocycles. The van der Waals surface area contributed by atoms with E-state index in [0.717, 1.165) is 16.9 Å². The van der Waals surface area contributed by atoms with Crippen LogP contribution in [0.15, 0.2) is 42.5 Å². The number of hydrogen-bond acceptors (Lipinski definition) is 4. The van der Waals surface area contributed by atoms with E-state index in [1.165, 1.54) is 5.56 Å². The predicted octanol–water partition coefficient (Wildman–Crippen LogP) is 2.99. The van der Waals surface area contributed by atoms with Crippen molar-refractivity contribution in [2.75, 3.05) is 39.9 Å². The van der Waals surface area contributed by atoms with Crippen molar-refractivity contribution in [3.8, 4) is 11.5 Å². The summed E-state index contributed by atoms with van der Waals surface area (Å²) in [5.74, 6) is 1.61. The van der Waals surface area contributed by atoms with Gasteiger partial charge in [-0.3, -0.25) is 9.59 Å². The third-order valence-electron chi connectivity index (χ3n) is 5.61. The summed E-state index contributed by atoms with van der Waals surface area (Å²) in [5.41, 5.74) is 3.45. The average molecular weight is 411 g/mol. The molecule has 2 aromatic rings. The SMILES string of the molecule is COc1ccc(CCC(=O)N2CCN(C(=O)COc3ccc(C)c(C)c3)CC2)cc1. The molecular weight excluding hydrogens is 380 g/mol. The highest BCUT2D eigenvalue weighted by Crippen LogP contribution is 2.17. The van der Waals surface area contributed by atoms with Gasteiger partial charge in [0.15, 0.2) is 6.61 Å². The standard InChI is InChI=1S/C24H30N2O4/c1-18-4-8-22(16-19(18)2)30-17-24(28)26-14-12-25(13-15-26)23(27)11-7-20-5-9-21(29-3)10-6-20/h4-6,8-10,16H,7,11-15,17H2,1-3H3. The molecule has 0 N–H and O–H groups in total. The van der Waals surface area contributed by atoms with Crippen molar-refractivity contribution in [2.24, 2.45) is 0 Å². The molecule has 1 saturated heterocycles. The van der Waals surface area contributed by atoms with Crippen molar-refractivity contribution in [1.29, 1.82) is 0 Å². The summed E-state index contributed by atoms with van der Waals surface area (Å²) < 4.78 is 10.8. The van der Waals surface area contributed by atoms with Crippen molar-refractivity contribution in [1.82, 2.24) is 9.80 Å². The van der Waals surface area contributed by atoms with Gasteiger partial charge >= 0.3 is 0 Å². The van der Waals surface area contributed by atoms with Crippen LogP contribution in [0.2, 0.25) is 0 Å². The molecule has 6 heteroatoms. The summed E-state index contributed by atoms with van der Waals surface area (Å²) in [4.78, 5) is 28.6. The quantitative estimate of drug-likeness (QED) is 0.704. The Bertz CT molecular complexity index is 871. The highest BCUT2D eigenvalue weighted by molar-refractivity contribution is 5.79. The fraction of sp³-hybridized carbons (Fsp3) is 0.417. The Morgan fingerprint density at radius 2 is 1.43 bits per heavy atom. The first-order valence-corrected chi connectivity index (χ1v) is 10.3. The van der Waals surface area contributed by atoms with E-state index in [0.29, 0.717) is 44.8 Å². The lowest BCUT2D eigenvalue weighted by molar-refractivity contribution is -0.140. The molecule has 30 heavy (non-hydrogen) atoms. The molecule has 0 saturated carbocycles. The molecule has 1 fully saturated rings. The molecule has 6 nitrogen and oxygen atoms in total. The molecule has 1 aliphatic rings. The van der Waals surface area contributed by atoms with Gasteiger partial charge in [-0.25, -0.2) is 0 Å². The Morgan fingerprint density at radius 1 is 0.833 bits per heavy atom. The van der Waals surface area contributed by atoms with Crippen molar-refractivity contribution in [3.63, 3.8) is 0 Å². The van der Waals surface area contributed by atoms with Crippen LogP contribution >= 0.6 is 0 Å². The smallest absolute Gasteiger partial charge is 0.260 e. The Balaban J connectivity index is 1.40.